The molecule has 0 radical (unpaired) electrons. The summed E-state index contributed by atoms with van der Waals surface area (Å²) in [6.07, 6.45) is 0. The molecular weight excluding hydrogens is 274 g/mol. The fraction of sp³-hybridized carbons (Fsp3) is 0.571. The molecule has 0 saturated heterocycles. The molecule has 0 spiro atoms. The number of nitrogens with zero attached hydrogens (tertiary/aromatic N) is 1. The Labute approximate surface area is 122 Å². The van der Waals surface area contributed by atoms with Crippen molar-refractivity contribution in [3.63, 3.8) is 0 Å². The average Bonchev–Trinajstić information content (AvgIpc) is 2.36. The van der Waals surface area contributed by atoms with E-state index in [0.717, 1.165) is 17.7 Å². The summed E-state index contributed by atoms with van der Waals surface area (Å²) in [5, 5.41) is 3.22. The van der Waals surface area contributed by atoms with Crippen LogP contribution in [0.5, 0.6) is 0 Å². The lowest BCUT2D eigenvalue weighted by molar-refractivity contribution is 0.412. The van der Waals surface area contributed by atoms with Gasteiger partial charge in [0, 0.05) is 19.6 Å². The maximum absolute atomic E-state index is 12.2. The first-order valence-electron chi connectivity index (χ1n) is 6.81. The predicted octanol–water partition coefficient (Wildman–Crippen LogP) is 0.944. The van der Waals surface area contributed by atoms with E-state index in [9.17, 15) is 8.42 Å². The van der Waals surface area contributed by atoms with Gasteiger partial charge in [0.2, 0.25) is 10.0 Å². The van der Waals surface area contributed by atoms with Crippen LogP contribution in [0.15, 0.2) is 23.1 Å². The van der Waals surface area contributed by atoms with E-state index in [2.05, 4.69) is 10.0 Å². The van der Waals surface area contributed by atoms with Crippen LogP contribution in [0.2, 0.25) is 0 Å². The molecule has 1 aromatic carbocycles. The van der Waals surface area contributed by atoms with Crippen LogP contribution in [-0.4, -0.2) is 47.0 Å². The van der Waals surface area contributed by atoms with Crippen molar-refractivity contribution in [2.75, 3.05) is 33.7 Å². The van der Waals surface area contributed by atoms with E-state index in [4.69, 9.17) is 0 Å². The van der Waals surface area contributed by atoms with E-state index >= 15 is 0 Å². The first-order valence-corrected chi connectivity index (χ1v) is 8.29. The topological polar surface area (TPSA) is 61.4 Å². The molecule has 0 aliphatic rings. The fourth-order valence-corrected chi connectivity index (χ4v) is 2.82. The minimum absolute atomic E-state index is 0.328. The van der Waals surface area contributed by atoms with Gasteiger partial charge in [0.05, 0.1) is 4.90 Å². The van der Waals surface area contributed by atoms with Crippen molar-refractivity contribution < 1.29 is 8.42 Å². The minimum Gasteiger partial charge on any atom is -0.313 e. The monoisotopic (exact) mass is 299 g/mol. The highest BCUT2D eigenvalue weighted by molar-refractivity contribution is 7.89. The number of rotatable bonds is 8. The van der Waals surface area contributed by atoms with Gasteiger partial charge < -0.3 is 10.2 Å². The summed E-state index contributed by atoms with van der Waals surface area (Å²) in [6, 6.07) is 5.26. The molecular formula is C14H25N3O2S. The summed E-state index contributed by atoms with van der Waals surface area (Å²) >= 11 is 0. The van der Waals surface area contributed by atoms with Gasteiger partial charge >= 0.3 is 0 Å². The first kappa shape index (κ1) is 17.1. The van der Waals surface area contributed by atoms with Crippen LogP contribution >= 0.6 is 0 Å². The maximum atomic E-state index is 12.2. The van der Waals surface area contributed by atoms with Gasteiger partial charge in [-0.15, -0.1) is 0 Å². The predicted molar refractivity (Wildman–Crippen MR) is 82.3 cm³/mol. The Balaban J connectivity index is 2.83. The molecule has 20 heavy (non-hydrogen) atoms. The number of sulfonamides is 1. The Hall–Kier alpha value is -0.950. The van der Waals surface area contributed by atoms with Gasteiger partial charge in [-0.3, -0.25) is 0 Å². The van der Waals surface area contributed by atoms with Crippen molar-refractivity contribution in [2.45, 2.75) is 25.3 Å². The van der Waals surface area contributed by atoms with Crippen LogP contribution in [0.1, 0.15) is 18.1 Å². The molecule has 0 heterocycles. The van der Waals surface area contributed by atoms with Crippen LogP contribution < -0.4 is 10.0 Å². The summed E-state index contributed by atoms with van der Waals surface area (Å²) in [4.78, 5) is 2.27. The summed E-state index contributed by atoms with van der Waals surface area (Å²) < 4.78 is 27.0. The largest absolute Gasteiger partial charge is 0.313 e. The third-order valence-corrected chi connectivity index (χ3v) is 4.51. The van der Waals surface area contributed by atoms with E-state index in [1.807, 2.05) is 38.9 Å². The second-order valence-electron chi connectivity index (χ2n) is 5.07. The molecule has 0 aliphatic carbocycles. The third kappa shape index (κ3) is 5.20. The molecule has 0 aromatic heterocycles. The molecule has 0 fully saturated rings. The normalized spacial score (nSPS) is 12.1. The van der Waals surface area contributed by atoms with Gasteiger partial charge in [0.25, 0.3) is 0 Å². The number of aryl methyl sites for hydroxylation is 1. The van der Waals surface area contributed by atoms with Crippen LogP contribution in [0.4, 0.5) is 0 Å². The number of likely N-dealkylation sites (N-methyl/N-ethyl adjacent to an activating group) is 1. The molecule has 0 amide bonds. The van der Waals surface area contributed by atoms with Crippen molar-refractivity contribution in [2.24, 2.45) is 0 Å². The molecule has 6 heteroatoms. The first-order chi connectivity index (χ1) is 9.36. The van der Waals surface area contributed by atoms with Crippen molar-refractivity contribution in [1.29, 1.82) is 0 Å². The SMILES string of the molecule is CCNCc1cc(S(=O)(=O)NCCN(C)C)ccc1C. The molecule has 114 valence electrons. The Morgan fingerprint density at radius 3 is 2.55 bits per heavy atom. The molecule has 1 rings (SSSR count). The molecule has 2 N–H and O–H groups in total. The van der Waals surface area contributed by atoms with Crippen molar-refractivity contribution in [3.8, 4) is 0 Å². The maximum Gasteiger partial charge on any atom is 0.240 e. The highest BCUT2D eigenvalue weighted by atomic mass is 32.2. The number of nitrogens with one attached hydrogen (secondary N) is 2. The van der Waals surface area contributed by atoms with E-state index in [0.29, 0.717) is 24.5 Å². The zero-order valence-electron chi connectivity index (χ0n) is 12.7. The number of hydrogen-bond donors (Lipinski definition) is 2. The van der Waals surface area contributed by atoms with Crippen LogP contribution in [0.3, 0.4) is 0 Å². The van der Waals surface area contributed by atoms with Crippen molar-refractivity contribution in [1.82, 2.24) is 14.9 Å². The Bertz CT molecular complexity index is 527. The molecule has 0 bridgehead atoms. The summed E-state index contributed by atoms with van der Waals surface area (Å²) in [5.74, 6) is 0. The van der Waals surface area contributed by atoms with Crippen molar-refractivity contribution in [3.05, 3.63) is 29.3 Å². The van der Waals surface area contributed by atoms with Crippen LogP contribution in [0.25, 0.3) is 0 Å². The standard InChI is InChI=1S/C14H25N3O2S/c1-5-15-11-13-10-14(7-6-12(13)2)20(18,19)16-8-9-17(3)4/h6-7,10,15-16H,5,8-9,11H2,1-4H3. The molecule has 0 unspecified atom stereocenters. The fourth-order valence-electron chi connectivity index (χ4n) is 1.75. The zero-order valence-corrected chi connectivity index (χ0v) is 13.5. The Kier molecular flexibility index (Phi) is 6.61. The van der Waals surface area contributed by atoms with Crippen LogP contribution in [-0.2, 0) is 16.6 Å². The van der Waals surface area contributed by atoms with Gasteiger partial charge in [-0.05, 0) is 50.8 Å². The molecule has 5 nitrogen and oxygen atoms in total. The Morgan fingerprint density at radius 1 is 1.25 bits per heavy atom. The lowest BCUT2D eigenvalue weighted by Gasteiger charge is -2.13. The smallest absolute Gasteiger partial charge is 0.240 e. The highest BCUT2D eigenvalue weighted by Gasteiger charge is 2.14. The second kappa shape index (κ2) is 7.73. The lowest BCUT2D eigenvalue weighted by atomic mass is 10.1. The highest BCUT2D eigenvalue weighted by Crippen LogP contribution is 2.15. The number of benzene rings is 1. The molecule has 0 saturated carbocycles. The van der Waals surface area contributed by atoms with E-state index < -0.39 is 10.0 Å². The second-order valence-corrected chi connectivity index (χ2v) is 6.84. The van der Waals surface area contributed by atoms with Gasteiger partial charge in [0.15, 0.2) is 0 Å². The third-order valence-electron chi connectivity index (χ3n) is 3.05. The van der Waals surface area contributed by atoms with Crippen LogP contribution in [0, 0.1) is 6.92 Å². The van der Waals surface area contributed by atoms with Crippen molar-refractivity contribution >= 4 is 10.0 Å². The van der Waals surface area contributed by atoms with E-state index in [1.54, 1.807) is 12.1 Å². The average molecular weight is 299 g/mol. The summed E-state index contributed by atoms with van der Waals surface area (Å²) in [6.45, 7) is 6.64. The molecule has 1 aromatic rings. The molecule has 0 aliphatic heterocycles. The lowest BCUT2D eigenvalue weighted by Crippen LogP contribution is -2.31. The molecule has 0 atom stereocenters. The summed E-state index contributed by atoms with van der Waals surface area (Å²) in [5.41, 5.74) is 2.11. The van der Waals surface area contributed by atoms with Gasteiger partial charge in [0.1, 0.15) is 0 Å². The minimum atomic E-state index is -3.42. The van der Waals surface area contributed by atoms with E-state index in [-0.39, 0.29) is 0 Å². The summed E-state index contributed by atoms with van der Waals surface area (Å²) in [7, 11) is 0.398. The van der Waals surface area contributed by atoms with Gasteiger partial charge in [-0.2, -0.15) is 0 Å². The van der Waals surface area contributed by atoms with E-state index in [1.165, 1.54) is 0 Å². The number of hydrogen-bond acceptors (Lipinski definition) is 4. The van der Waals surface area contributed by atoms with Gasteiger partial charge in [-0.1, -0.05) is 13.0 Å². The van der Waals surface area contributed by atoms with Gasteiger partial charge in [-0.25, -0.2) is 13.1 Å². The zero-order chi connectivity index (χ0) is 15.2. The quantitative estimate of drug-likeness (QED) is 0.750. The Morgan fingerprint density at radius 2 is 1.95 bits per heavy atom.